The molecule has 0 N–H and O–H groups in total. The minimum absolute atomic E-state index is 0.101. The van der Waals surface area contributed by atoms with Crippen LogP contribution >= 0.6 is 15.9 Å². The van der Waals surface area contributed by atoms with Crippen molar-refractivity contribution in [3.63, 3.8) is 0 Å². The van der Waals surface area contributed by atoms with Gasteiger partial charge in [0.15, 0.2) is 0 Å². The van der Waals surface area contributed by atoms with Gasteiger partial charge in [-0.25, -0.2) is 4.79 Å². The number of allylic oxidation sites excluding steroid dienone is 3. The van der Waals surface area contributed by atoms with Gasteiger partial charge in [0.25, 0.3) is 0 Å². The molecule has 2 nitrogen and oxygen atoms in total. The van der Waals surface area contributed by atoms with Crippen LogP contribution in [-0.4, -0.2) is 19.3 Å². The molecule has 0 aromatic heterocycles. The summed E-state index contributed by atoms with van der Waals surface area (Å²) < 4.78 is 42.7. The maximum Gasteiger partial charge on any atom is 0.393 e. The average molecular weight is 297 g/mol. The monoisotopic (exact) mass is 296 g/mol. The van der Waals surface area contributed by atoms with Crippen molar-refractivity contribution in [2.75, 3.05) is 7.11 Å². The molecule has 0 radical (unpaired) electrons. The van der Waals surface area contributed by atoms with Crippen molar-refractivity contribution in [1.29, 1.82) is 0 Å². The molecule has 16 heavy (non-hydrogen) atoms. The number of hydrogen-bond acceptors (Lipinski definition) is 2. The van der Waals surface area contributed by atoms with Crippen LogP contribution in [-0.2, 0) is 9.53 Å². The van der Waals surface area contributed by atoms with E-state index in [0.717, 1.165) is 7.11 Å². The highest BCUT2D eigenvalue weighted by molar-refractivity contribution is 9.11. The molecule has 3 unspecified atom stereocenters. The van der Waals surface area contributed by atoms with Gasteiger partial charge in [-0.3, -0.25) is 0 Å². The summed E-state index contributed by atoms with van der Waals surface area (Å²) >= 11 is 3.10. The maximum absolute atomic E-state index is 12.6. The highest BCUT2D eigenvalue weighted by Gasteiger charge is 2.66. The molecular weight excluding hydrogens is 289 g/mol. The first-order valence-corrected chi connectivity index (χ1v) is 5.39. The van der Waals surface area contributed by atoms with Gasteiger partial charge in [-0.15, -0.1) is 0 Å². The number of ether oxygens (including phenoxy) is 1. The van der Waals surface area contributed by atoms with Gasteiger partial charge in [0, 0.05) is 16.0 Å². The van der Waals surface area contributed by atoms with Crippen LogP contribution in [0.25, 0.3) is 0 Å². The van der Waals surface area contributed by atoms with Crippen LogP contribution in [0.1, 0.15) is 0 Å². The van der Waals surface area contributed by atoms with Crippen LogP contribution < -0.4 is 0 Å². The highest BCUT2D eigenvalue weighted by atomic mass is 79.9. The second kappa shape index (κ2) is 3.61. The summed E-state index contributed by atoms with van der Waals surface area (Å²) in [6.07, 6.45) is -1.37. The van der Waals surface area contributed by atoms with Gasteiger partial charge in [0.05, 0.1) is 13.0 Å². The zero-order valence-electron chi connectivity index (χ0n) is 8.22. The Hall–Kier alpha value is -0.780. The Labute approximate surface area is 98.3 Å². The third-order valence-corrected chi connectivity index (χ3v) is 3.37. The van der Waals surface area contributed by atoms with E-state index in [1.54, 1.807) is 0 Å². The first-order chi connectivity index (χ1) is 7.36. The Morgan fingerprint density at radius 3 is 2.62 bits per heavy atom. The molecule has 2 aliphatic rings. The Bertz CT molecular complexity index is 397. The number of carbonyl (C=O) groups excluding carboxylic acids is 1. The summed E-state index contributed by atoms with van der Waals surface area (Å²) in [5.41, 5.74) is 0.101. The fraction of sp³-hybridized carbons (Fsp3) is 0.500. The van der Waals surface area contributed by atoms with E-state index in [1.807, 2.05) is 0 Å². The second-order valence-corrected chi connectivity index (χ2v) is 4.73. The van der Waals surface area contributed by atoms with Gasteiger partial charge in [-0.1, -0.05) is 22.0 Å². The van der Waals surface area contributed by atoms with Crippen molar-refractivity contribution >= 4 is 21.9 Å². The van der Waals surface area contributed by atoms with E-state index < -0.39 is 29.9 Å². The van der Waals surface area contributed by atoms with Crippen LogP contribution in [0.2, 0.25) is 0 Å². The van der Waals surface area contributed by atoms with E-state index in [1.165, 1.54) is 12.2 Å². The molecule has 0 spiro atoms. The summed E-state index contributed by atoms with van der Waals surface area (Å²) in [5.74, 6) is -3.54. The third-order valence-electron chi connectivity index (χ3n) is 2.88. The fourth-order valence-electron chi connectivity index (χ4n) is 2.15. The summed E-state index contributed by atoms with van der Waals surface area (Å²) in [4.78, 5) is 11.3. The Balaban J connectivity index is 2.29. The predicted molar refractivity (Wildman–Crippen MR) is 53.6 cm³/mol. The number of hydrogen-bond donors (Lipinski definition) is 0. The Morgan fingerprint density at radius 1 is 1.50 bits per heavy atom. The number of fused-ring (bicyclic) bond motifs is 1. The van der Waals surface area contributed by atoms with Crippen molar-refractivity contribution in [3.05, 3.63) is 22.2 Å². The molecule has 2 aliphatic carbocycles. The average Bonchev–Trinajstić information content (AvgIpc) is 2.88. The smallest absolute Gasteiger partial charge is 0.393 e. The van der Waals surface area contributed by atoms with Crippen LogP contribution in [0.5, 0.6) is 0 Å². The number of halogens is 4. The standard InChI is InChI=1S/C10H8BrF3O2/c1-16-9(15)6-3-4(11)2-5-7(6)8(5)10(12,13)14/h2-3,5,7-8H,1H3. The van der Waals surface area contributed by atoms with Crippen LogP contribution in [0.15, 0.2) is 22.2 Å². The lowest BCUT2D eigenvalue weighted by Crippen LogP contribution is -2.15. The lowest BCUT2D eigenvalue weighted by atomic mass is 10.0. The van der Waals surface area contributed by atoms with Gasteiger partial charge in [0.1, 0.15) is 0 Å². The van der Waals surface area contributed by atoms with E-state index in [2.05, 4.69) is 20.7 Å². The molecule has 0 saturated heterocycles. The molecule has 0 aliphatic heterocycles. The quantitative estimate of drug-likeness (QED) is 0.696. The van der Waals surface area contributed by atoms with E-state index in [-0.39, 0.29) is 5.57 Å². The first-order valence-electron chi connectivity index (χ1n) is 4.60. The minimum atomic E-state index is -4.27. The van der Waals surface area contributed by atoms with E-state index in [0.29, 0.717) is 4.48 Å². The molecule has 0 amide bonds. The third kappa shape index (κ3) is 1.79. The fourth-order valence-corrected chi connectivity index (χ4v) is 2.71. The molecular formula is C10H8BrF3O2. The zero-order valence-corrected chi connectivity index (χ0v) is 9.80. The van der Waals surface area contributed by atoms with Gasteiger partial charge < -0.3 is 4.74 Å². The van der Waals surface area contributed by atoms with Crippen LogP contribution in [0.4, 0.5) is 13.2 Å². The number of methoxy groups -OCH3 is 1. The first kappa shape index (κ1) is 11.7. The largest absolute Gasteiger partial charge is 0.466 e. The lowest BCUT2D eigenvalue weighted by molar-refractivity contribution is -0.152. The second-order valence-electron chi connectivity index (χ2n) is 3.81. The lowest BCUT2D eigenvalue weighted by Gasteiger charge is -2.08. The van der Waals surface area contributed by atoms with E-state index in [4.69, 9.17) is 0 Å². The Morgan fingerprint density at radius 2 is 2.12 bits per heavy atom. The van der Waals surface area contributed by atoms with Crippen molar-refractivity contribution in [2.45, 2.75) is 6.18 Å². The van der Waals surface area contributed by atoms with Gasteiger partial charge in [-0.05, 0) is 12.0 Å². The number of alkyl halides is 3. The molecule has 88 valence electrons. The molecule has 0 aromatic carbocycles. The molecule has 0 heterocycles. The van der Waals surface area contributed by atoms with Crippen molar-refractivity contribution < 1.29 is 22.7 Å². The van der Waals surface area contributed by atoms with Crippen molar-refractivity contribution in [1.82, 2.24) is 0 Å². The number of esters is 1. The summed E-state index contributed by atoms with van der Waals surface area (Å²) in [6, 6.07) is 0. The molecule has 1 saturated carbocycles. The molecule has 2 rings (SSSR count). The van der Waals surface area contributed by atoms with E-state index in [9.17, 15) is 18.0 Å². The normalized spacial score (nSPS) is 32.4. The van der Waals surface area contributed by atoms with Gasteiger partial charge in [-0.2, -0.15) is 13.2 Å². The van der Waals surface area contributed by atoms with Crippen LogP contribution in [0, 0.1) is 17.8 Å². The SMILES string of the molecule is COC(=O)C1=CC(Br)=CC2C1C2C(F)(F)F. The summed E-state index contributed by atoms with van der Waals surface area (Å²) in [7, 11) is 1.16. The molecule has 6 heteroatoms. The predicted octanol–water partition coefficient (Wildman–Crippen LogP) is 2.80. The van der Waals surface area contributed by atoms with Crippen molar-refractivity contribution in [3.8, 4) is 0 Å². The Kier molecular flexibility index (Phi) is 2.64. The number of rotatable bonds is 1. The molecule has 1 fully saturated rings. The number of carbonyl (C=O) groups is 1. The topological polar surface area (TPSA) is 26.3 Å². The summed E-state index contributed by atoms with van der Waals surface area (Å²) in [6.45, 7) is 0. The van der Waals surface area contributed by atoms with Gasteiger partial charge >= 0.3 is 12.1 Å². The van der Waals surface area contributed by atoms with Gasteiger partial charge in [0.2, 0.25) is 0 Å². The van der Waals surface area contributed by atoms with Crippen LogP contribution in [0.3, 0.4) is 0 Å². The maximum atomic E-state index is 12.6. The molecule has 3 atom stereocenters. The minimum Gasteiger partial charge on any atom is -0.466 e. The van der Waals surface area contributed by atoms with Crippen molar-refractivity contribution in [2.24, 2.45) is 17.8 Å². The molecule has 0 aromatic rings. The zero-order chi connectivity index (χ0) is 12.1. The summed E-state index contributed by atoms with van der Waals surface area (Å²) in [5, 5.41) is 0. The highest BCUT2D eigenvalue weighted by Crippen LogP contribution is 2.61. The van der Waals surface area contributed by atoms with E-state index >= 15 is 0 Å². The molecule has 0 bridgehead atoms.